The third-order valence-corrected chi connectivity index (χ3v) is 7.45. The van der Waals surface area contributed by atoms with Gasteiger partial charge in [0, 0.05) is 6.42 Å². The van der Waals surface area contributed by atoms with E-state index in [9.17, 15) is 4.79 Å². The number of carbonyl (C=O) groups is 1. The van der Waals surface area contributed by atoms with Gasteiger partial charge in [-0.3, -0.25) is 4.79 Å². The molecule has 3 heteroatoms. The summed E-state index contributed by atoms with van der Waals surface area (Å²) in [6, 6.07) is 0. The van der Waals surface area contributed by atoms with Gasteiger partial charge in [-0.15, -0.1) is 0 Å². The van der Waals surface area contributed by atoms with Gasteiger partial charge in [-0.05, 0) is 86.5 Å². The molecule has 0 unspecified atom stereocenters. The van der Waals surface area contributed by atoms with Crippen LogP contribution in [-0.2, 0) is 4.79 Å². The molecule has 0 aromatic heterocycles. The summed E-state index contributed by atoms with van der Waals surface area (Å²) < 4.78 is 0. The summed E-state index contributed by atoms with van der Waals surface area (Å²) in [7, 11) is 0. The van der Waals surface area contributed by atoms with Crippen LogP contribution in [0.2, 0.25) is 0 Å². The summed E-state index contributed by atoms with van der Waals surface area (Å²) in [6.07, 6.45) is 19.2. The molecule has 2 rings (SSSR count). The molecule has 0 saturated heterocycles. The van der Waals surface area contributed by atoms with Crippen molar-refractivity contribution in [3.05, 3.63) is 12.2 Å². The molecule has 144 valence electrons. The van der Waals surface area contributed by atoms with Gasteiger partial charge in [0.25, 0.3) is 0 Å². The fraction of sp³-hybridized carbons (Fsp3) is 0.864. The SMILES string of the molecule is CCCCCCSCC[C@@H]1[C@@H]2CC[C@@H](C2)[C@@H]1CC=CCCCC(=O)O. The lowest BCUT2D eigenvalue weighted by Gasteiger charge is -2.30. The van der Waals surface area contributed by atoms with Crippen molar-refractivity contribution in [3.63, 3.8) is 0 Å². The Balaban J connectivity index is 1.63. The van der Waals surface area contributed by atoms with Crippen LogP contribution in [0, 0.1) is 23.7 Å². The number of carboxylic acid groups (broad SMARTS) is 1. The van der Waals surface area contributed by atoms with E-state index in [1.54, 1.807) is 0 Å². The quantitative estimate of drug-likeness (QED) is 0.279. The van der Waals surface area contributed by atoms with Gasteiger partial charge >= 0.3 is 5.97 Å². The molecule has 4 atom stereocenters. The summed E-state index contributed by atoms with van der Waals surface area (Å²) in [5, 5.41) is 8.69. The summed E-state index contributed by atoms with van der Waals surface area (Å²) in [6.45, 7) is 2.28. The fourth-order valence-electron chi connectivity index (χ4n) is 5.04. The van der Waals surface area contributed by atoms with Gasteiger partial charge in [0.1, 0.15) is 0 Å². The highest BCUT2D eigenvalue weighted by molar-refractivity contribution is 7.99. The van der Waals surface area contributed by atoms with Crippen LogP contribution in [0.15, 0.2) is 12.2 Å². The Morgan fingerprint density at radius 1 is 1.04 bits per heavy atom. The molecule has 1 N–H and O–H groups in total. The number of carboxylic acids is 1. The lowest BCUT2D eigenvalue weighted by atomic mass is 9.76. The second-order valence-electron chi connectivity index (χ2n) is 8.12. The molecule has 0 spiro atoms. The Morgan fingerprint density at radius 3 is 2.60 bits per heavy atom. The number of allylic oxidation sites excluding steroid dienone is 2. The lowest BCUT2D eigenvalue weighted by Crippen LogP contribution is -2.22. The molecule has 0 aromatic carbocycles. The van der Waals surface area contributed by atoms with Crippen molar-refractivity contribution in [2.75, 3.05) is 11.5 Å². The molecule has 0 heterocycles. The van der Waals surface area contributed by atoms with Crippen LogP contribution in [0.1, 0.15) is 84.0 Å². The Hall–Kier alpha value is -0.440. The zero-order valence-electron chi connectivity index (χ0n) is 16.1. The Kier molecular flexibility index (Phi) is 10.0. The van der Waals surface area contributed by atoms with E-state index < -0.39 is 5.97 Å². The maximum Gasteiger partial charge on any atom is 0.303 e. The topological polar surface area (TPSA) is 37.3 Å². The van der Waals surface area contributed by atoms with Gasteiger partial charge in [0.2, 0.25) is 0 Å². The van der Waals surface area contributed by atoms with Gasteiger partial charge in [-0.25, -0.2) is 0 Å². The van der Waals surface area contributed by atoms with Crippen LogP contribution in [-0.4, -0.2) is 22.6 Å². The highest BCUT2D eigenvalue weighted by Gasteiger charge is 2.45. The fourth-order valence-corrected chi connectivity index (χ4v) is 6.09. The number of rotatable bonds is 14. The first-order valence-corrected chi connectivity index (χ1v) is 11.8. The van der Waals surface area contributed by atoms with Gasteiger partial charge in [0.05, 0.1) is 0 Å². The van der Waals surface area contributed by atoms with Crippen LogP contribution in [0.3, 0.4) is 0 Å². The minimum absolute atomic E-state index is 0.302. The minimum atomic E-state index is -0.672. The first-order valence-electron chi connectivity index (χ1n) is 10.7. The van der Waals surface area contributed by atoms with Gasteiger partial charge in [-0.1, -0.05) is 38.3 Å². The number of hydrogen-bond acceptors (Lipinski definition) is 2. The van der Waals surface area contributed by atoms with Crippen molar-refractivity contribution in [2.24, 2.45) is 23.7 Å². The minimum Gasteiger partial charge on any atom is -0.481 e. The van der Waals surface area contributed by atoms with E-state index >= 15 is 0 Å². The maximum atomic E-state index is 10.5. The van der Waals surface area contributed by atoms with Gasteiger partial charge in [0.15, 0.2) is 0 Å². The molecule has 2 aliphatic carbocycles. The summed E-state index contributed by atoms with van der Waals surface area (Å²) in [5.74, 6) is 5.91. The number of thioether (sulfide) groups is 1. The number of hydrogen-bond donors (Lipinski definition) is 1. The standard InChI is InChI=1S/C22H38O2S/c1-2-3-4-9-15-25-16-14-21-19-13-12-18(17-19)20(21)10-7-5-6-8-11-22(23)24/h5,7,18-21H,2-4,6,8-17H2,1H3,(H,23,24)/t18-,19+,20-,21+/m0/s1. The van der Waals surface area contributed by atoms with Crippen LogP contribution in [0.5, 0.6) is 0 Å². The Morgan fingerprint density at radius 2 is 1.84 bits per heavy atom. The Labute approximate surface area is 159 Å². The van der Waals surface area contributed by atoms with E-state index in [2.05, 4.69) is 30.8 Å². The van der Waals surface area contributed by atoms with Crippen molar-refractivity contribution in [3.8, 4) is 0 Å². The molecule has 2 fully saturated rings. The molecule has 0 radical (unpaired) electrons. The first-order chi connectivity index (χ1) is 12.2. The van der Waals surface area contributed by atoms with Crippen LogP contribution in [0.25, 0.3) is 0 Å². The van der Waals surface area contributed by atoms with Crippen molar-refractivity contribution in [1.82, 2.24) is 0 Å². The van der Waals surface area contributed by atoms with Gasteiger partial charge in [-0.2, -0.15) is 11.8 Å². The Bertz CT molecular complexity index is 407. The highest BCUT2D eigenvalue weighted by Crippen LogP contribution is 2.55. The van der Waals surface area contributed by atoms with E-state index in [1.165, 1.54) is 69.3 Å². The number of unbranched alkanes of at least 4 members (excludes halogenated alkanes) is 4. The van der Waals surface area contributed by atoms with E-state index in [0.29, 0.717) is 6.42 Å². The van der Waals surface area contributed by atoms with E-state index in [0.717, 1.165) is 36.5 Å². The molecule has 25 heavy (non-hydrogen) atoms. The number of aliphatic carboxylic acids is 1. The largest absolute Gasteiger partial charge is 0.481 e. The average Bonchev–Trinajstić information content (AvgIpc) is 3.19. The van der Waals surface area contributed by atoms with E-state index in [1.807, 2.05) is 0 Å². The van der Waals surface area contributed by atoms with E-state index in [4.69, 9.17) is 5.11 Å². The zero-order chi connectivity index (χ0) is 17.9. The maximum absolute atomic E-state index is 10.5. The summed E-state index contributed by atoms with van der Waals surface area (Å²) in [5.41, 5.74) is 0. The summed E-state index contributed by atoms with van der Waals surface area (Å²) in [4.78, 5) is 10.5. The second kappa shape index (κ2) is 12.0. The second-order valence-corrected chi connectivity index (χ2v) is 9.34. The van der Waals surface area contributed by atoms with Crippen LogP contribution >= 0.6 is 11.8 Å². The smallest absolute Gasteiger partial charge is 0.303 e. The monoisotopic (exact) mass is 366 g/mol. The van der Waals surface area contributed by atoms with Gasteiger partial charge < -0.3 is 5.11 Å². The van der Waals surface area contributed by atoms with Crippen LogP contribution in [0.4, 0.5) is 0 Å². The third-order valence-electron chi connectivity index (χ3n) is 6.35. The van der Waals surface area contributed by atoms with Crippen LogP contribution < -0.4 is 0 Å². The normalized spacial score (nSPS) is 28.2. The van der Waals surface area contributed by atoms with Crippen molar-refractivity contribution >= 4 is 17.7 Å². The molecule has 0 aromatic rings. The molecule has 2 bridgehead atoms. The highest BCUT2D eigenvalue weighted by atomic mass is 32.2. The number of fused-ring (bicyclic) bond motifs is 2. The van der Waals surface area contributed by atoms with E-state index in [-0.39, 0.29) is 0 Å². The predicted molar refractivity (Wildman–Crippen MR) is 109 cm³/mol. The molecule has 0 aliphatic heterocycles. The molecule has 0 amide bonds. The average molecular weight is 367 g/mol. The van der Waals surface area contributed by atoms with Crippen molar-refractivity contribution < 1.29 is 9.90 Å². The molecular weight excluding hydrogens is 328 g/mol. The molecule has 2 nitrogen and oxygen atoms in total. The molecule has 2 aliphatic rings. The third kappa shape index (κ3) is 7.37. The lowest BCUT2D eigenvalue weighted by molar-refractivity contribution is -0.137. The summed E-state index contributed by atoms with van der Waals surface area (Å²) >= 11 is 2.18. The van der Waals surface area contributed by atoms with Crippen molar-refractivity contribution in [2.45, 2.75) is 84.0 Å². The predicted octanol–water partition coefficient (Wildman–Crippen LogP) is 6.55. The zero-order valence-corrected chi connectivity index (χ0v) is 16.9. The van der Waals surface area contributed by atoms with Crippen molar-refractivity contribution in [1.29, 1.82) is 0 Å². The molecular formula is C22H38O2S. The first kappa shape index (κ1) is 20.9. The molecule has 2 saturated carbocycles.